The molecule has 0 saturated carbocycles. The van der Waals surface area contributed by atoms with E-state index in [1.165, 1.54) is 0 Å². The molecule has 0 atom stereocenters. The second-order valence-corrected chi connectivity index (χ2v) is 3.68. The van der Waals surface area contributed by atoms with Crippen LogP contribution in [0.1, 0.15) is 0 Å². The maximum atomic E-state index is 9.63. The van der Waals surface area contributed by atoms with Crippen LogP contribution in [-0.4, -0.2) is 108 Å². The van der Waals surface area contributed by atoms with Gasteiger partial charge in [-0.1, -0.05) is 0 Å². The quantitative estimate of drug-likeness (QED) is 0.309. The summed E-state index contributed by atoms with van der Waals surface area (Å²) in [5, 5.41) is 0. The van der Waals surface area contributed by atoms with Gasteiger partial charge in [-0.05, 0) is 0 Å². The molecular formula is H7Na3O7P2. The Hall–Kier alpha value is 3.26. The van der Waals surface area contributed by atoms with E-state index in [0.717, 1.165) is 0 Å². The summed E-state index contributed by atoms with van der Waals surface area (Å²) in [5.74, 6) is 0. The second-order valence-electron chi connectivity index (χ2n) is 1.06. The van der Waals surface area contributed by atoms with Gasteiger partial charge in [-0.25, -0.2) is 9.13 Å². The zero-order valence-electron chi connectivity index (χ0n) is 3.91. The summed E-state index contributed by atoms with van der Waals surface area (Å²) in [6, 6.07) is 0. The Balaban J connectivity index is -0.000000107. The molecule has 0 unspecified atom stereocenters. The van der Waals surface area contributed by atoms with Crippen molar-refractivity contribution < 1.29 is 33.0 Å². The first-order valence-corrected chi connectivity index (χ1v) is 4.59. The van der Waals surface area contributed by atoms with Crippen molar-refractivity contribution in [3.63, 3.8) is 0 Å². The van der Waals surface area contributed by atoms with Crippen molar-refractivity contribution in [1.82, 2.24) is 0 Å². The predicted molar refractivity (Wildman–Crippen MR) is 46.6 cm³/mol. The summed E-state index contributed by atoms with van der Waals surface area (Å²) in [6.45, 7) is 0. The number of hydrogen-bond acceptors (Lipinski definition) is 3. The molecule has 0 aliphatic heterocycles. The Kier molecular flexibility index (Phi) is 19.3. The van der Waals surface area contributed by atoms with Crippen LogP contribution in [0.5, 0.6) is 0 Å². The first kappa shape index (κ1) is 24.5. The van der Waals surface area contributed by atoms with Crippen LogP contribution in [0, 0.1) is 0 Å². The molecule has 0 heterocycles. The minimum atomic E-state index is -5.05. The van der Waals surface area contributed by atoms with E-state index < -0.39 is 15.6 Å². The van der Waals surface area contributed by atoms with Gasteiger partial charge in [0.05, 0.1) is 0 Å². The maximum absolute atomic E-state index is 9.63. The van der Waals surface area contributed by atoms with E-state index >= 15 is 0 Å². The van der Waals surface area contributed by atoms with E-state index in [1.807, 2.05) is 0 Å². The van der Waals surface area contributed by atoms with Crippen molar-refractivity contribution in [2.75, 3.05) is 0 Å². The van der Waals surface area contributed by atoms with Crippen LogP contribution in [0.3, 0.4) is 0 Å². The van der Waals surface area contributed by atoms with Crippen molar-refractivity contribution in [1.29, 1.82) is 0 Å². The van der Waals surface area contributed by atoms with Gasteiger partial charge in [0, 0.05) is 0 Å². The Morgan fingerprint density at radius 1 is 0.750 bits per heavy atom. The summed E-state index contributed by atoms with van der Waals surface area (Å²) in [7, 11) is -10.1. The van der Waals surface area contributed by atoms with Crippen molar-refractivity contribution in [2.45, 2.75) is 0 Å². The van der Waals surface area contributed by atoms with Gasteiger partial charge in [0.15, 0.2) is 0 Å². The van der Waals surface area contributed by atoms with Gasteiger partial charge in [0.25, 0.3) is 0 Å². The van der Waals surface area contributed by atoms with Gasteiger partial charge >= 0.3 is 104 Å². The van der Waals surface area contributed by atoms with Crippen molar-refractivity contribution >= 4 is 104 Å². The average Bonchev–Trinajstić information content (AvgIpc) is 1.14. The number of phosphoric acid groups is 2. The predicted octanol–water partition coefficient (Wildman–Crippen LogP) is -2.76. The van der Waals surface area contributed by atoms with Gasteiger partial charge in [0.1, 0.15) is 0 Å². The van der Waals surface area contributed by atoms with Gasteiger partial charge in [-0.15, -0.1) is 0 Å². The average molecular weight is 250 g/mol. The van der Waals surface area contributed by atoms with Crippen LogP contribution in [0.2, 0.25) is 0 Å². The molecular weight excluding hydrogens is 243 g/mol. The molecule has 0 rings (SSSR count). The molecule has 0 saturated heterocycles. The van der Waals surface area contributed by atoms with Gasteiger partial charge in [0.2, 0.25) is 0 Å². The Morgan fingerprint density at radius 2 is 0.917 bits per heavy atom. The third-order valence-corrected chi connectivity index (χ3v) is 1.91. The van der Waals surface area contributed by atoms with E-state index in [0.29, 0.717) is 0 Å². The Morgan fingerprint density at radius 3 is 0.917 bits per heavy atom. The molecule has 4 N–H and O–H groups in total. The fraction of sp³-hybridized carbons (Fsp3) is 0. The van der Waals surface area contributed by atoms with Gasteiger partial charge in [-0.2, -0.15) is 4.31 Å². The molecule has 62 valence electrons. The number of rotatable bonds is 2. The molecule has 0 aromatic rings. The molecule has 0 bridgehead atoms. The molecule has 0 aliphatic rings. The van der Waals surface area contributed by atoms with Gasteiger partial charge < -0.3 is 19.6 Å². The van der Waals surface area contributed by atoms with Crippen LogP contribution >= 0.6 is 15.6 Å². The standard InChI is InChI=1S/3Na.H4O7P2.3H/c;;;1-8(2,3)7-9(4,5)6;;;/h;;;(H2,1,2,3)(H2,4,5,6);;;. The topological polar surface area (TPSA) is 124 Å². The SMILES string of the molecule is O=P(O)(O)OP(=O)(O)O.[NaH].[NaH].[NaH]. The fourth-order valence-electron chi connectivity index (χ4n) is 0.139. The molecule has 0 radical (unpaired) electrons. The molecule has 0 aromatic heterocycles. The van der Waals surface area contributed by atoms with Crippen LogP contribution in [0.4, 0.5) is 0 Å². The summed E-state index contributed by atoms with van der Waals surface area (Å²) < 4.78 is 22.2. The molecule has 12 heteroatoms. The Labute approximate surface area is 135 Å². The minimum absolute atomic E-state index is 0. The summed E-state index contributed by atoms with van der Waals surface area (Å²) in [4.78, 5) is 31.0. The van der Waals surface area contributed by atoms with E-state index in [9.17, 15) is 9.13 Å². The molecule has 0 aromatic carbocycles. The van der Waals surface area contributed by atoms with Crippen LogP contribution in [-0.2, 0) is 13.4 Å². The third-order valence-electron chi connectivity index (χ3n) is 0.213. The Bertz CT molecular complexity index is 157. The van der Waals surface area contributed by atoms with E-state index in [-0.39, 0.29) is 88.7 Å². The normalized spacial score (nSPS) is 10.3. The summed E-state index contributed by atoms with van der Waals surface area (Å²) in [5.41, 5.74) is 0. The molecule has 0 fully saturated rings. The summed E-state index contributed by atoms with van der Waals surface area (Å²) in [6.07, 6.45) is 0. The van der Waals surface area contributed by atoms with Crippen molar-refractivity contribution in [2.24, 2.45) is 0 Å². The van der Waals surface area contributed by atoms with E-state index in [2.05, 4.69) is 4.31 Å². The van der Waals surface area contributed by atoms with Crippen molar-refractivity contribution in [3.05, 3.63) is 0 Å². The number of hydrogen-bond donors (Lipinski definition) is 4. The third kappa shape index (κ3) is 23.2. The molecule has 0 aliphatic carbocycles. The molecule has 12 heavy (non-hydrogen) atoms. The first-order chi connectivity index (χ1) is 3.71. The van der Waals surface area contributed by atoms with Crippen molar-refractivity contribution in [3.8, 4) is 0 Å². The molecule has 0 amide bonds. The van der Waals surface area contributed by atoms with Gasteiger partial charge in [-0.3, -0.25) is 0 Å². The first-order valence-electron chi connectivity index (χ1n) is 1.53. The summed E-state index contributed by atoms with van der Waals surface area (Å²) >= 11 is 0. The monoisotopic (exact) mass is 250 g/mol. The fourth-order valence-corrected chi connectivity index (χ4v) is 1.25. The van der Waals surface area contributed by atoms with Crippen LogP contribution in [0.25, 0.3) is 0 Å². The van der Waals surface area contributed by atoms with E-state index in [4.69, 9.17) is 19.6 Å². The van der Waals surface area contributed by atoms with Crippen LogP contribution < -0.4 is 0 Å². The molecule has 0 spiro atoms. The van der Waals surface area contributed by atoms with Crippen LogP contribution in [0.15, 0.2) is 0 Å². The zero-order chi connectivity index (χ0) is 7.71. The second kappa shape index (κ2) is 9.48. The zero-order valence-corrected chi connectivity index (χ0v) is 5.70. The molecule has 7 nitrogen and oxygen atoms in total. The van der Waals surface area contributed by atoms with E-state index in [1.54, 1.807) is 0 Å².